The standard InChI is InChI=1S/C26H41N3O7/c1-24(2,3)19(28-23(35)36-25(4,5)6)21(32)29-12-14-16(26(14,7)8)17(29)20(31)27-15(11-13-9-10-13)18(30)22(33)34/h13-17,19H,9-12H2,1-8H3,(H,27,31)(H,28,35)(H,33,34)/t14?,15?,16-,17-,19?/m0/s1. The summed E-state index contributed by atoms with van der Waals surface area (Å²) < 4.78 is 5.36. The summed E-state index contributed by atoms with van der Waals surface area (Å²) in [6.45, 7) is 15.1. The van der Waals surface area contributed by atoms with Crippen molar-refractivity contribution in [2.45, 2.75) is 98.4 Å². The molecule has 202 valence electrons. The number of piperidine rings is 1. The molecule has 0 aromatic heterocycles. The molecule has 36 heavy (non-hydrogen) atoms. The fourth-order valence-electron chi connectivity index (χ4n) is 5.38. The lowest BCUT2D eigenvalue weighted by Gasteiger charge is -2.38. The minimum Gasteiger partial charge on any atom is -0.475 e. The summed E-state index contributed by atoms with van der Waals surface area (Å²) in [7, 11) is 0. The molecule has 3 fully saturated rings. The molecule has 0 aromatic rings. The van der Waals surface area contributed by atoms with Gasteiger partial charge in [-0.3, -0.25) is 14.4 Å². The zero-order chi connectivity index (χ0) is 27.4. The van der Waals surface area contributed by atoms with Gasteiger partial charge in [0, 0.05) is 6.54 Å². The Morgan fingerprint density at radius 1 is 1.03 bits per heavy atom. The Morgan fingerprint density at radius 2 is 1.61 bits per heavy atom. The van der Waals surface area contributed by atoms with Gasteiger partial charge < -0.3 is 25.4 Å². The van der Waals surface area contributed by atoms with Crippen LogP contribution in [0, 0.1) is 28.6 Å². The third-order valence-corrected chi connectivity index (χ3v) is 7.64. The number of aliphatic carboxylic acids is 1. The lowest BCUT2D eigenvalue weighted by atomic mass is 9.85. The number of alkyl carbamates (subject to hydrolysis) is 1. The average Bonchev–Trinajstić information content (AvgIpc) is 3.55. The van der Waals surface area contributed by atoms with Crippen LogP contribution in [0.3, 0.4) is 0 Å². The number of carbonyl (C=O) groups excluding carboxylic acids is 4. The molecule has 2 aliphatic carbocycles. The fraction of sp³-hybridized carbons (Fsp3) is 0.808. The molecule has 1 heterocycles. The topological polar surface area (TPSA) is 142 Å². The van der Waals surface area contributed by atoms with E-state index in [2.05, 4.69) is 10.6 Å². The number of likely N-dealkylation sites (tertiary alicyclic amines) is 1. The van der Waals surface area contributed by atoms with E-state index >= 15 is 0 Å². The number of carboxylic acid groups (broad SMARTS) is 1. The number of hydrogen-bond acceptors (Lipinski definition) is 6. The van der Waals surface area contributed by atoms with Crippen LogP contribution in [-0.4, -0.2) is 69.9 Å². The third-order valence-electron chi connectivity index (χ3n) is 7.64. The van der Waals surface area contributed by atoms with E-state index in [-0.39, 0.29) is 29.6 Å². The maximum atomic E-state index is 13.8. The number of fused-ring (bicyclic) bond motifs is 1. The van der Waals surface area contributed by atoms with E-state index in [1.54, 1.807) is 20.8 Å². The highest BCUT2D eigenvalue weighted by Crippen LogP contribution is 2.65. The van der Waals surface area contributed by atoms with E-state index < -0.39 is 58.8 Å². The van der Waals surface area contributed by atoms with Crippen molar-refractivity contribution in [2.75, 3.05) is 6.54 Å². The number of carboxylic acids is 1. The largest absolute Gasteiger partial charge is 0.475 e. The van der Waals surface area contributed by atoms with Crippen LogP contribution in [0.2, 0.25) is 0 Å². The van der Waals surface area contributed by atoms with E-state index in [1.807, 2.05) is 34.6 Å². The Bertz CT molecular complexity index is 942. The zero-order valence-electron chi connectivity index (χ0n) is 22.6. The van der Waals surface area contributed by atoms with Gasteiger partial charge in [-0.25, -0.2) is 9.59 Å². The second-order valence-electron chi connectivity index (χ2n) is 13.2. The highest BCUT2D eigenvalue weighted by atomic mass is 16.6. The number of ether oxygens (including phenoxy) is 1. The molecule has 3 unspecified atom stereocenters. The average molecular weight is 508 g/mol. The van der Waals surface area contributed by atoms with Gasteiger partial charge >= 0.3 is 12.1 Å². The molecule has 10 heteroatoms. The number of ketones is 1. The number of nitrogens with one attached hydrogen (secondary N) is 2. The summed E-state index contributed by atoms with van der Waals surface area (Å²) in [6.07, 6.45) is 1.35. The first-order chi connectivity index (χ1) is 16.3. The molecular formula is C26H41N3O7. The quantitative estimate of drug-likeness (QED) is 0.428. The van der Waals surface area contributed by atoms with Gasteiger partial charge in [-0.15, -0.1) is 0 Å². The molecule has 0 aromatic carbocycles. The second kappa shape index (κ2) is 9.34. The molecule has 10 nitrogen and oxygen atoms in total. The Labute approximate surface area is 212 Å². The maximum Gasteiger partial charge on any atom is 0.408 e. The van der Waals surface area contributed by atoms with Crippen LogP contribution in [-0.2, 0) is 23.9 Å². The number of rotatable bonds is 8. The molecule has 3 amide bonds. The maximum absolute atomic E-state index is 13.8. The van der Waals surface area contributed by atoms with Crippen molar-refractivity contribution in [1.82, 2.24) is 15.5 Å². The summed E-state index contributed by atoms with van der Waals surface area (Å²) in [5.74, 6) is -3.36. The summed E-state index contributed by atoms with van der Waals surface area (Å²) in [6, 6.07) is -2.93. The molecule has 3 rings (SSSR count). The van der Waals surface area contributed by atoms with Crippen molar-refractivity contribution >= 4 is 29.7 Å². The normalized spacial score (nSPS) is 26.3. The van der Waals surface area contributed by atoms with Gasteiger partial charge in [0.25, 0.3) is 5.78 Å². The van der Waals surface area contributed by atoms with Crippen LogP contribution in [0.4, 0.5) is 4.79 Å². The highest BCUT2D eigenvalue weighted by molar-refractivity contribution is 6.35. The van der Waals surface area contributed by atoms with Crippen molar-refractivity contribution in [1.29, 1.82) is 0 Å². The second-order valence-corrected chi connectivity index (χ2v) is 13.2. The monoisotopic (exact) mass is 507 g/mol. The molecule has 0 bridgehead atoms. The van der Waals surface area contributed by atoms with Crippen LogP contribution in [0.5, 0.6) is 0 Å². The van der Waals surface area contributed by atoms with Crippen molar-refractivity contribution in [2.24, 2.45) is 28.6 Å². The van der Waals surface area contributed by atoms with Crippen LogP contribution < -0.4 is 10.6 Å². The van der Waals surface area contributed by atoms with E-state index in [1.165, 1.54) is 4.90 Å². The van der Waals surface area contributed by atoms with E-state index in [0.29, 0.717) is 6.54 Å². The zero-order valence-corrected chi connectivity index (χ0v) is 22.6. The molecular weight excluding hydrogens is 466 g/mol. The molecule has 1 aliphatic heterocycles. The van der Waals surface area contributed by atoms with Gasteiger partial charge in [0.1, 0.15) is 17.7 Å². The molecule has 5 atom stereocenters. The number of carbonyl (C=O) groups is 5. The number of Topliss-reactive ketones (excluding diaryl/α,β-unsaturated/α-hetero) is 1. The van der Waals surface area contributed by atoms with Crippen molar-refractivity contribution in [3.8, 4) is 0 Å². The highest BCUT2D eigenvalue weighted by Gasteiger charge is 2.70. The minimum atomic E-state index is -1.58. The minimum absolute atomic E-state index is 0.0939. The lowest BCUT2D eigenvalue weighted by Crippen LogP contribution is -2.60. The van der Waals surface area contributed by atoms with Crippen molar-refractivity contribution in [3.05, 3.63) is 0 Å². The van der Waals surface area contributed by atoms with E-state index in [4.69, 9.17) is 4.74 Å². The summed E-state index contributed by atoms with van der Waals surface area (Å²) in [5.41, 5.74) is -1.59. The van der Waals surface area contributed by atoms with Crippen molar-refractivity contribution < 1.29 is 33.8 Å². The van der Waals surface area contributed by atoms with Gasteiger partial charge in [-0.1, -0.05) is 47.5 Å². The van der Waals surface area contributed by atoms with Gasteiger partial charge in [0.05, 0.1) is 6.04 Å². The van der Waals surface area contributed by atoms with Gasteiger partial charge in [0.15, 0.2) is 0 Å². The van der Waals surface area contributed by atoms with Crippen LogP contribution in [0.1, 0.15) is 74.7 Å². The predicted octanol–water partition coefficient (Wildman–Crippen LogP) is 2.35. The molecule has 2 saturated carbocycles. The molecule has 3 N–H and O–H groups in total. The summed E-state index contributed by atoms with van der Waals surface area (Å²) in [4.78, 5) is 65.1. The smallest absolute Gasteiger partial charge is 0.408 e. The van der Waals surface area contributed by atoms with E-state index in [9.17, 15) is 29.1 Å². The first kappa shape index (κ1) is 27.9. The fourth-order valence-corrected chi connectivity index (χ4v) is 5.38. The Balaban J connectivity index is 1.83. The Morgan fingerprint density at radius 3 is 2.08 bits per heavy atom. The molecule has 0 radical (unpaired) electrons. The molecule has 0 spiro atoms. The third kappa shape index (κ3) is 6.00. The van der Waals surface area contributed by atoms with Crippen LogP contribution in [0.25, 0.3) is 0 Å². The Hall–Kier alpha value is -2.65. The molecule has 1 saturated heterocycles. The van der Waals surface area contributed by atoms with Gasteiger partial charge in [-0.2, -0.15) is 0 Å². The first-order valence-electron chi connectivity index (χ1n) is 12.7. The Kier molecular flexibility index (Phi) is 7.24. The predicted molar refractivity (Wildman–Crippen MR) is 131 cm³/mol. The SMILES string of the molecule is CC(C)(C)OC(=O)NC(C(=O)N1CC2[C@@H]([C@H]1C(=O)NC(CC1CC1)C(=O)C(=O)O)C2(C)C)C(C)(C)C. The van der Waals surface area contributed by atoms with E-state index in [0.717, 1.165) is 12.8 Å². The number of nitrogens with zero attached hydrogens (tertiary/aromatic N) is 1. The van der Waals surface area contributed by atoms with Gasteiger partial charge in [0.2, 0.25) is 11.8 Å². The first-order valence-corrected chi connectivity index (χ1v) is 12.7. The molecule has 3 aliphatic rings. The number of hydrogen-bond donors (Lipinski definition) is 3. The van der Waals surface area contributed by atoms with Crippen molar-refractivity contribution in [3.63, 3.8) is 0 Å². The summed E-state index contributed by atoms with van der Waals surface area (Å²) in [5, 5.41) is 14.6. The van der Waals surface area contributed by atoms with Gasteiger partial charge in [-0.05, 0) is 55.8 Å². The summed E-state index contributed by atoms with van der Waals surface area (Å²) >= 11 is 0. The number of amides is 3. The van der Waals surface area contributed by atoms with Crippen LogP contribution in [0.15, 0.2) is 0 Å². The lowest BCUT2D eigenvalue weighted by molar-refractivity contribution is -0.151. The van der Waals surface area contributed by atoms with Crippen LogP contribution >= 0.6 is 0 Å².